The summed E-state index contributed by atoms with van der Waals surface area (Å²) in [6.07, 6.45) is 1.20. The molecule has 14 heteroatoms. The molecule has 3 rings (SSSR count). The summed E-state index contributed by atoms with van der Waals surface area (Å²) in [6.45, 7) is 2.23. The summed E-state index contributed by atoms with van der Waals surface area (Å²) in [4.78, 5) is 12.0. The molecule has 3 fully saturated rings. The minimum Gasteiger partial charge on any atom is -0.466 e. The molecule has 3 saturated heterocycles. The molecule has 3 aliphatic rings. The number of carbonyl (C=O) groups is 1. The predicted molar refractivity (Wildman–Crippen MR) is 109 cm³/mol. The third-order valence-electron chi connectivity index (χ3n) is 5.83. The number of hydrogen-bond donors (Lipinski definition) is 0. The van der Waals surface area contributed by atoms with Gasteiger partial charge in [0.25, 0.3) is 10.2 Å². The number of piperidine rings is 1. The number of carbonyl (C=O) groups excluding carboxylic acids is 1. The number of nitrogens with zero attached hydrogens (tertiary/aromatic N) is 3. The first-order valence-electron chi connectivity index (χ1n) is 10.1. The Balaban J connectivity index is 1.62. The fourth-order valence-electron chi connectivity index (χ4n) is 4.13. The lowest BCUT2D eigenvalue weighted by molar-refractivity contribution is -0.149. The van der Waals surface area contributed by atoms with E-state index in [1.54, 1.807) is 6.92 Å². The van der Waals surface area contributed by atoms with Crippen molar-refractivity contribution >= 4 is 36.0 Å². The van der Waals surface area contributed by atoms with Crippen molar-refractivity contribution in [1.29, 1.82) is 0 Å². The summed E-state index contributed by atoms with van der Waals surface area (Å²) in [7, 11) is -11.0. The molecule has 2 atom stereocenters. The Morgan fingerprint density at radius 2 is 1.60 bits per heavy atom. The van der Waals surface area contributed by atoms with E-state index < -0.39 is 47.2 Å². The van der Waals surface area contributed by atoms with Crippen LogP contribution in [0.3, 0.4) is 0 Å². The summed E-state index contributed by atoms with van der Waals surface area (Å²) in [5.74, 6) is -1.42. The molecule has 0 aliphatic carbocycles. The Bertz CT molecular complexity index is 956. The van der Waals surface area contributed by atoms with E-state index in [-0.39, 0.29) is 57.3 Å². The maximum atomic E-state index is 13.0. The van der Waals surface area contributed by atoms with Crippen LogP contribution in [-0.4, -0.2) is 107 Å². The van der Waals surface area contributed by atoms with Crippen molar-refractivity contribution in [2.45, 2.75) is 31.4 Å². The van der Waals surface area contributed by atoms with Crippen molar-refractivity contribution in [1.82, 2.24) is 12.9 Å². The van der Waals surface area contributed by atoms with Gasteiger partial charge in [0.05, 0.1) is 29.3 Å². The SMILES string of the molecule is CCOC(=O)C1CCCN(S(=O)(=O)N2CCN(S(=O)(=O)C3CCS(=O)(=O)C3)CC2)C1. The Hall–Kier alpha value is -0.800. The number of esters is 1. The van der Waals surface area contributed by atoms with Crippen molar-refractivity contribution < 1.29 is 34.8 Å². The first-order chi connectivity index (χ1) is 14.0. The summed E-state index contributed by atoms with van der Waals surface area (Å²) >= 11 is 0. The number of sulfone groups is 1. The van der Waals surface area contributed by atoms with Gasteiger partial charge >= 0.3 is 5.97 Å². The van der Waals surface area contributed by atoms with Gasteiger partial charge < -0.3 is 4.74 Å². The maximum absolute atomic E-state index is 13.0. The number of piperazine rings is 1. The van der Waals surface area contributed by atoms with Gasteiger partial charge in [-0.3, -0.25) is 4.79 Å². The van der Waals surface area contributed by atoms with E-state index in [0.717, 1.165) is 0 Å². The van der Waals surface area contributed by atoms with Crippen LogP contribution in [-0.2, 0) is 39.6 Å². The highest BCUT2D eigenvalue weighted by molar-refractivity contribution is 7.95. The Morgan fingerprint density at radius 1 is 0.967 bits per heavy atom. The van der Waals surface area contributed by atoms with Gasteiger partial charge in [-0.25, -0.2) is 16.8 Å². The highest BCUT2D eigenvalue weighted by Crippen LogP contribution is 2.26. The first kappa shape index (κ1) is 23.9. The number of ether oxygens (including phenoxy) is 1. The van der Waals surface area contributed by atoms with Gasteiger partial charge in [0.1, 0.15) is 0 Å². The van der Waals surface area contributed by atoms with Crippen LogP contribution in [0, 0.1) is 5.92 Å². The molecule has 2 unspecified atom stereocenters. The molecular weight excluding hydrogens is 458 g/mol. The lowest BCUT2D eigenvalue weighted by Crippen LogP contribution is -2.56. The van der Waals surface area contributed by atoms with Crippen molar-refractivity contribution in [3.63, 3.8) is 0 Å². The molecule has 0 aromatic rings. The molecule has 11 nitrogen and oxygen atoms in total. The van der Waals surface area contributed by atoms with E-state index in [9.17, 15) is 30.0 Å². The average molecular weight is 488 g/mol. The highest BCUT2D eigenvalue weighted by atomic mass is 32.2. The van der Waals surface area contributed by atoms with E-state index >= 15 is 0 Å². The lowest BCUT2D eigenvalue weighted by atomic mass is 10.0. The molecule has 0 spiro atoms. The fraction of sp³-hybridized carbons (Fsp3) is 0.938. The van der Waals surface area contributed by atoms with Crippen LogP contribution in [0.15, 0.2) is 0 Å². The standard InChI is InChI=1S/C16H29N3O8S3/c1-2-27-16(20)14-4-3-6-19(12-14)30(25,26)18-9-7-17(8-10-18)29(23,24)15-5-11-28(21,22)13-15/h14-15H,2-13H2,1H3. The summed E-state index contributed by atoms with van der Waals surface area (Å²) in [6, 6.07) is 0. The van der Waals surface area contributed by atoms with Gasteiger partial charge in [-0.05, 0) is 26.2 Å². The monoisotopic (exact) mass is 487 g/mol. The topological polar surface area (TPSA) is 138 Å². The lowest BCUT2D eigenvalue weighted by Gasteiger charge is -2.38. The molecule has 30 heavy (non-hydrogen) atoms. The van der Waals surface area contributed by atoms with Gasteiger partial charge in [-0.15, -0.1) is 0 Å². The van der Waals surface area contributed by atoms with Crippen LogP contribution >= 0.6 is 0 Å². The third kappa shape index (κ3) is 4.99. The largest absolute Gasteiger partial charge is 0.466 e. The van der Waals surface area contributed by atoms with Gasteiger partial charge in [-0.1, -0.05) is 0 Å². The molecule has 3 heterocycles. The Morgan fingerprint density at radius 3 is 2.17 bits per heavy atom. The summed E-state index contributed by atoms with van der Waals surface area (Å²) in [5.41, 5.74) is 0. The number of hydrogen-bond acceptors (Lipinski definition) is 8. The van der Waals surface area contributed by atoms with Crippen LogP contribution in [0.5, 0.6) is 0 Å². The first-order valence-corrected chi connectivity index (χ1v) is 14.8. The zero-order valence-corrected chi connectivity index (χ0v) is 19.4. The predicted octanol–water partition coefficient (Wildman–Crippen LogP) is -1.36. The molecule has 0 amide bonds. The van der Waals surface area contributed by atoms with Gasteiger partial charge in [-0.2, -0.15) is 21.3 Å². The highest BCUT2D eigenvalue weighted by Gasteiger charge is 2.43. The van der Waals surface area contributed by atoms with Gasteiger partial charge in [0, 0.05) is 39.3 Å². The van der Waals surface area contributed by atoms with Gasteiger partial charge in [0.2, 0.25) is 10.0 Å². The van der Waals surface area contributed by atoms with Crippen LogP contribution in [0.2, 0.25) is 0 Å². The van der Waals surface area contributed by atoms with E-state index in [2.05, 4.69) is 0 Å². The van der Waals surface area contributed by atoms with E-state index in [1.807, 2.05) is 0 Å². The van der Waals surface area contributed by atoms with Crippen LogP contribution < -0.4 is 0 Å². The second kappa shape index (κ2) is 8.98. The number of rotatable bonds is 6. The second-order valence-corrected chi connectivity index (χ2v) is 14.2. The van der Waals surface area contributed by atoms with Crippen molar-refractivity contribution in [2.75, 3.05) is 57.4 Å². The Kier molecular flexibility index (Phi) is 7.14. The van der Waals surface area contributed by atoms with Crippen LogP contribution in [0.25, 0.3) is 0 Å². The molecule has 0 aromatic heterocycles. The minimum absolute atomic E-state index is 0.0123. The molecule has 3 aliphatic heterocycles. The zero-order chi connectivity index (χ0) is 22.2. The molecule has 0 saturated carbocycles. The zero-order valence-electron chi connectivity index (χ0n) is 17.0. The van der Waals surface area contributed by atoms with Crippen molar-refractivity contribution in [3.05, 3.63) is 0 Å². The smallest absolute Gasteiger partial charge is 0.310 e. The summed E-state index contributed by atoms with van der Waals surface area (Å²) in [5, 5.41) is -0.960. The molecular formula is C16H29N3O8S3. The van der Waals surface area contributed by atoms with Crippen molar-refractivity contribution in [3.8, 4) is 0 Å². The normalized spacial score (nSPS) is 29.6. The van der Waals surface area contributed by atoms with Crippen LogP contribution in [0.4, 0.5) is 0 Å². The molecule has 0 radical (unpaired) electrons. The van der Waals surface area contributed by atoms with E-state index in [4.69, 9.17) is 4.74 Å². The summed E-state index contributed by atoms with van der Waals surface area (Å²) < 4.78 is 83.5. The molecule has 0 bridgehead atoms. The fourth-order valence-corrected chi connectivity index (χ4v) is 10.3. The maximum Gasteiger partial charge on any atom is 0.310 e. The number of sulfonamides is 1. The van der Waals surface area contributed by atoms with Crippen LogP contribution in [0.1, 0.15) is 26.2 Å². The second-order valence-electron chi connectivity index (χ2n) is 7.83. The minimum atomic E-state index is -3.83. The van der Waals surface area contributed by atoms with Crippen molar-refractivity contribution in [2.24, 2.45) is 5.92 Å². The molecule has 174 valence electrons. The van der Waals surface area contributed by atoms with E-state index in [0.29, 0.717) is 19.4 Å². The average Bonchev–Trinajstić information content (AvgIpc) is 3.09. The molecule has 0 aromatic carbocycles. The Labute approximate surface area is 178 Å². The molecule has 0 N–H and O–H groups in total. The van der Waals surface area contributed by atoms with Gasteiger partial charge in [0.15, 0.2) is 9.84 Å². The van der Waals surface area contributed by atoms with E-state index in [1.165, 1.54) is 12.9 Å². The third-order valence-corrected chi connectivity index (χ3v) is 12.1. The quantitative estimate of drug-likeness (QED) is 0.419.